The van der Waals surface area contributed by atoms with Gasteiger partial charge in [-0.25, -0.2) is 24.6 Å². The summed E-state index contributed by atoms with van der Waals surface area (Å²) in [5.41, 5.74) is 1.67. The van der Waals surface area contributed by atoms with Gasteiger partial charge in [-0.3, -0.25) is 0 Å². The molecule has 1 saturated heterocycles. The summed E-state index contributed by atoms with van der Waals surface area (Å²) in [7, 11) is 0. The van der Waals surface area contributed by atoms with Gasteiger partial charge in [-0.05, 0) is 32.0 Å². The van der Waals surface area contributed by atoms with Crippen molar-refractivity contribution in [1.82, 2.24) is 15.0 Å². The number of ether oxygens (including phenoxy) is 1. The van der Waals surface area contributed by atoms with Gasteiger partial charge in [0.05, 0.1) is 11.6 Å². The van der Waals surface area contributed by atoms with E-state index in [0.29, 0.717) is 18.2 Å². The van der Waals surface area contributed by atoms with Crippen molar-refractivity contribution in [2.75, 3.05) is 17.2 Å². The highest BCUT2D eigenvalue weighted by Gasteiger charge is 2.34. The Morgan fingerprint density at radius 2 is 2.09 bits per heavy atom. The minimum atomic E-state index is -0.392. The third kappa shape index (κ3) is 3.36. The minimum Gasteiger partial charge on any atom is -0.443 e. The van der Waals surface area contributed by atoms with Crippen molar-refractivity contribution in [3.63, 3.8) is 0 Å². The molecule has 0 saturated carbocycles. The molecule has 0 N–H and O–H groups in total. The average Bonchev–Trinajstić information content (AvgIpc) is 2.86. The smallest absolute Gasteiger partial charge is 0.417 e. The second kappa shape index (κ2) is 6.31. The van der Waals surface area contributed by atoms with Crippen LogP contribution in [0.4, 0.5) is 10.7 Å². The van der Waals surface area contributed by atoms with Crippen LogP contribution in [0.25, 0.3) is 0 Å². The number of nitrogens with zero attached hydrogens (tertiary/aromatic N) is 4. The van der Waals surface area contributed by atoms with Crippen LogP contribution in [0.2, 0.25) is 0 Å². The molecule has 1 atom stereocenters. The van der Waals surface area contributed by atoms with Crippen LogP contribution in [0.5, 0.6) is 0 Å². The van der Waals surface area contributed by atoms with Crippen LogP contribution in [0.15, 0.2) is 35.5 Å². The molecule has 22 heavy (non-hydrogen) atoms. The van der Waals surface area contributed by atoms with Crippen LogP contribution in [-0.2, 0) is 4.74 Å². The highest BCUT2D eigenvalue weighted by Crippen LogP contribution is 2.23. The van der Waals surface area contributed by atoms with Gasteiger partial charge in [0.25, 0.3) is 0 Å². The number of hydrogen-bond acceptors (Lipinski definition) is 6. The summed E-state index contributed by atoms with van der Waals surface area (Å²) in [6.45, 7) is 4.23. The van der Waals surface area contributed by atoms with E-state index in [1.165, 1.54) is 4.90 Å². The fourth-order valence-electron chi connectivity index (χ4n) is 2.21. The number of cyclic esters (lactones) is 1. The SMILES string of the molecule is Cc1cc(C)nc(N2C[C@@H](CSc3ccccn3)OC2=O)n1. The van der Waals surface area contributed by atoms with Crippen molar-refractivity contribution in [1.29, 1.82) is 0 Å². The summed E-state index contributed by atoms with van der Waals surface area (Å²) in [5, 5.41) is 0.916. The lowest BCUT2D eigenvalue weighted by atomic mass is 10.3. The lowest BCUT2D eigenvalue weighted by Crippen LogP contribution is -2.27. The van der Waals surface area contributed by atoms with Crippen molar-refractivity contribution in [2.24, 2.45) is 0 Å². The number of amides is 1. The highest BCUT2D eigenvalue weighted by molar-refractivity contribution is 7.99. The standard InChI is InChI=1S/C15H16N4O2S/c1-10-7-11(2)18-14(17-10)19-8-12(21-15(19)20)9-22-13-5-3-4-6-16-13/h3-7,12H,8-9H2,1-2H3/t12-/m0/s1. The first kappa shape index (κ1) is 14.8. The van der Waals surface area contributed by atoms with Gasteiger partial charge in [0, 0.05) is 23.3 Å². The van der Waals surface area contributed by atoms with Gasteiger partial charge in [0.2, 0.25) is 5.95 Å². The second-order valence-electron chi connectivity index (χ2n) is 5.05. The van der Waals surface area contributed by atoms with E-state index in [1.807, 2.05) is 38.1 Å². The molecular formula is C15H16N4O2S. The molecule has 2 aromatic rings. The fraction of sp³-hybridized carbons (Fsp3) is 0.333. The Labute approximate surface area is 132 Å². The summed E-state index contributed by atoms with van der Waals surface area (Å²) in [5.74, 6) is 1.07. The molecule has 0 bridgehead atoms. The van der Waals surface area contributed by atoms with Crippen LogP contribution < -0.4 is 4.90 Å². The number of rotatable bonds is 4. The Morgan fingerprint density at radius 1 is 1.32 bits per heavy atom. The van der Waals surface area contributed by atoms with Gasteiger partial charge in [0.1, 0.15) is 6.10 Å². The van der Waals surface area contributed by atoms with E-state index in [9.17, 15) is 4.79 Å². The number of pyridine rings is 1. The van der Waals surface area contributed by atoms with Crippen molar-refractivity contribution < 1.29 is 9.53 Å². The number of hydrogen-bond donors (Lipinski definition) is 0. The Bertz CT molecular complexity index is 660. The zero-order chi connectivity index (χ0) is 15.5. The van der Waals surface area contributed by atoms with E-state index < -0.39 is 6.09 Å². The van der Waals surface area contributed by atoms with Gasteiger partial charge >= 0.3 is 6.09 Å². The first-order valence-corrected chi connectivity index (χ1v) is 7.94. The molecule has 0 spiro atoms. The van der Waals surface area contributed by atoms with E-state index in [0.717, 1.165) is 16.4 Å². The van der Waals surface area contributed by atoms with Gasteiger partial charge in [-0.2, -0.15) is 0 Å². The molecule has 6 nitrogen and oxygen atoms in total. The molecule has 2 aromatic heterocycles. The molecule has 0 aliphatic carbocycles. The summed E-state index contributed by atoms with van der Waals surface area (Å²) in [4.78, 5) is 26.4. The zero-order valence-electron chi connectivity index (χ0n) is 12.4. The van der Waals surface area contributed by atoms with Crippen LogP contribution in [0.1, 0.15) is 11.4 Å². The van der Waals surface area contributed by atoms with E-state index in [4.69, 9.17) is 4.74 Å². The molecule has 3 rings (SSSR count). The predicted octanol–water partition coefficient (Wildman–Crippen LogP) is 2.61. The largest absolute Gasteiger partial charge is 0.443 e. The summed E-state index contributed by atoms with van der Waals surface area (Å²) in [6, 6.07) is 7.62. The molecule has 0 unspecified atom stereocenters. The van der Waals surface area contributed by atoms with Crippen LogP contribution in [0.3, 0.4) is 0 Å². The monoisotopic (exact) mass is 316 g/mol. The molecule has 1 fully saturated rings. The van der Waals surface area contributed by atoms with Crippen molar-refractivity contribution in [3.8, 4) is 0 Å². The lowest BCUT2D eigenvalue weighted by molar-refractivity contribution is 0.151. The van der Waals surface area contributed by atoms with E-state index >= 15 is 0 Å². The predicted molar refractivity (Wildman–Crippen MR) is 84.1 cm³/mol. The molecule has 0 aromatic carbocycles. The number of carbonyl (C=O) groups excluding carboxylic acids is 1. The molecule has 0 radical (unpaired) electrons. The zero-order valence-corrected chi connectivity index (χ0v) is 13.2. The number of anilines is 1. The van der Waals surface area contributed by atoms with E-state index in [-0.39, 0.29) is 6.10 Å². The number of aryl methyl sites for hydroxylation is 2. The van der Waals surface area contributed by atoms with Crippen LogP contribution >= 0.6 is 11.8 Å². The average molecular weight is 316 g/mol. The molecule has 114 valence electrons. The van der Waals surface area contributed by atoms with Gasteiger partial charge in [-0.1, -0.05) is 6.07 Å². The Balaban J connectivity index is 1.65. The van der Waals surface area contributed by atoms with Crippen molar-refractivity contribution >= 4 is 23.8 Å². The first-order valence-electron chi connectivity index (χ1n) is 6.96. The van der Waals surface area contributed by atoms with E-state index in [2.05, 4.69) is 15.0 Å². The maximum Gasteiger partial charge on any atom is 0.417 e. The maximum absolute atomic E-state index is 12.0. The fourth-order valence-corrected chi connectivity index (χ4v) is 3.05. The van der Waals surface area contributed by atoms with Crippen molar-refractivity contribution in [3.05, 3.63) is 41.9 Å². The highest BCUT2D eigenvalue weighted by atomic mass is 32.2. The Morgan fingerprint density at radius 3 is 2.77 bits per heavy atom. The topological polar surface area (TPSA) is 68.2 Å². The van der Waals surface area contributed by atoms with Crippen LogP contribution in [0, 0.1) is 13.8 Å². The number of thioether (sulfide) groups is 1. The van der Waals surface area contributed by atoms with Crippen molar-refractivity contribution in [2.45, 2.75) is 25.0 Å². The first-order chi connectivity index (χ1) is 10.6. The molecule has 1 aliphatic heterocycles. The second-order valence-corrected chi connectivity index (χ2v) is 6.09. The van der Waals surface area contributed by atoms with Gasteiger partial charge in [0.15, 0.2) is 0 Å². The summed E-state index contributed by atoms with van der Waals surface area (Å²) in [6.07, 6.45) is 1.17. The summed E-state index contributed by atoms with van der Waals surface area (Å²) >= 11 is 1.57. The number of carbonyl (C=O) groups is 1. The molecule has 1 amide bonds. The maximum atomic E-state index is 12.0. The quantitative estimate of drug-likeness (QED) is 0.808. The minimum absolute atomic E-state index is 0.191. The van der Waals surface area contributed by atoms with Gasteiger partial charge < -0.3 is 4.74 Å². The number of aromatic nitrogens is 3. The van der Waals surface area contributed by atoms with Crippen LogP contribution in [-0.4, -0.2) is 39.4 Å². The third-order valence-electron chi connectivity index (χ3n) is 3.14. The normalized spacial score (nSPS) is 17.6. The Kier molecular flexibility index (Phi) is 4.24. The molecule has 3 heterocycles. The summed E-state index contributed by atoms with van der Waals surface area (Å²) < 4.78 is 5.39. The third-order valence-corrected chi connectivity index (χ3v) is 4.22. The lowest BCUT2D eigenvalue weighted by Gasteiger charge is -2.11. The molecule has 7 heteroatoms. The molecule has 1 aliphatic rings. The van der Waals surface area contributed by atoms with Gasteiger partial charge in [-0.15, -0.1) is 11.8 Å². The molecular weight excluding hydrogens is 300 g/mol. The Hall–Kier alpha value is -2.15. The van der Waals surface area contributed by atoms with E-state index in [1.54, 1.807) is 18.0 Å².